The van der Waals surface area contributed by atoms with E-state index >= 15 is 0 Å². The van der Waals surface area contributed by atoms with E-state index in [0.29, 0.717) is 22.8 Å². The van der Waals surface area contributed by atoms with Gasteiger partial charge in [0.1, 0.15) is 24.0 Å². The van der Waals surface area contributed by atoms with Crippen molar-refractivity contribution in [3.05, 3.63) is 58.7 Å². The molecule has 0 bridgehead atoms. The molecule has 0 radical (unpaired) electrons. The monoisotopic (exact) mass is 316 g/mol. The maximum absolute atomic E-state index is 13.7. The number of hydrogen-bond donors (Lipinski definition) is 0. The van der Waals surface area contributed by atoms with Crippen LogP contribution in [0.1, 0.15) is 15.9 Å². The number of carbonyl (C=O) groups excluding carboxylic acids is 1. The molecule has 2 aromatic rings. The fourth-order valence-corrected chi connectivity index (χ4v) is 2.53. The summed E-state index contributed by atoms with van der Waals surface area (Å²) < 4.78 is 43.0. The Morgan fingerprint density at radius 3 is 2.57 bits per heavy atom. The number of carbonyl (C=O) groups is 1. The summed E-state index contributed by atoms with van der Waals surface area (Å²) in [6, 6.07) is 6.20. The van der Waals surface area contributed by atoms with E-state index in [4.69, 9.17) is 14.2 Å². The Morgan fingerprint density at radius 1 is 0.957 bits per heavy atom. The highest BCUT2D eigenvalue weighted by molar-refractivity contribution is 6.14. The summed E-state index contributed by atoms with van der Waals surface area (Å²) in [6.07, 6.45) is 1.30. The maximum atomic E-state index is 13.7. The van der Waals surface area contributed by atoms with Crippen molar-refractivity contribution in [3.63, 3.8) is 0 Å². The summed E-state index contributed by atoms with van der Waals surface area (Å²) in [5.74, 6) is -0.141. The molecule has 2 aliphatic heterocycles. The molecular weight excluding hydrogens is 306 g/mol. The van der Waals surface area contributed by atoms with Crippen LogP contribution in [-0.2, 0) is 0 Å². The molecule has 116 valence electrons. The maximum Gasteiger partial charge on any atom is 0.231 e. The molecule has 0 spiro atoms. The molecule has 0 saturated heterocycles. The van der Waals surface area contributed by atoms with E-state index in [1.165, 1.54) is 12.1 Å². The van der Waals surface area contributed by atoms with E-state index in [1.807, 2.05) is 0 Å². The number of rotatable bonds is 1. The normalized spacial score (nSPS) is 17.1. The van der Waals surface area contributed by atoms with Gasteiger partial charge in [0.25, 0.3) is 0 Å². The molecular formula is C17H10F2O4. The molecule has 4 rings (SSSR count). The number of Topliss-reactive ketones (excluding diaryl/α,β-unsaturated/α-hetero) is 1. The van der Waals surface area contributed by atoms with Crippen LogP contribution in [0.25, 0.3) is 6.08 Å². The molecule has 0 N–H and O–H groups in total. The number of ketones is 1. The minimum Gasteiger partial charge on any atom is -0.488 e. The Morgan fingerprint density at radius 2 is 1.74 bits per heavy atom. The van der Waals surface area contributed by atoms with Crippen LogP contribution in [0.15, 0.2) is 35.9 Å². The second-order valence-corrected chi connectivity index (χ2v) is 5.15. The van der Waals surface area contributed by atoms with Crippen LogP contribution in [-0.4, -0.2) is 19.2 Å². The van der Waals surface area contributed by atoms with Gasteiger partial charge in [-0.05, 0) is 30.3 Å². The van der Waals surface area contributed by atoms with Crippen molar-refractivity contribution in [1.82, 2.24) is 0 Å². The molecule has 2 heterocycles. The third-order valence-corrected chi connectivity index (χ3v) is 3.68. The number of benzene rings is 2. The van der Waals surface area contributed by atoms with Gasteiger partial charge < -0.3 is 14.2 Å². The van der Waals surface area contributed by atoms with Crippen LogP contribution >= 0.6 is 0 Å². The Labute approximate surface area is 129 Å². The van der Waals surface area contributed by atoms with Crippen LogP contribution in [0.5, 0.6) is 17.2 Å². The van der Waals surface area contributed by atoms with Crippen molar-refractivity contribution in [3.8, 4) is 17.2 Å². The van der Waals surface area contributed by atoms with Gasteiger partial charge in [0.05, 0.1) is 5.56 Å². The van der Waals surface area contributed by atoms with E-state index < -0.39 is 11.6 Å². The topological polar surface area (TPSA) is 44.8 Å². The molecule has 4 nitrogen and oxygen atoms in total. The predicted octanol–water partition coefficient (Wildman–Crippen LogP) is 3.35. The standard InChI is InChI=1S/C17H10F2O4/c18-11-1-2-13(19)9(4-11)3-10-7-21-14-6-16-15(22-8-23-16)5-12(14)17(10)20/h1-6H,7-8H2/b10-3+. The lowest BCUT2D eigenvalue weighted by Crippen LogP contribution is -2.19. The van der Waals surface area contributed by atoms with Crippen LogP contribution in [0.3, 0.4) is 0 Å². The lowest BCUT2D eigenvalue weighted by Gasteiger charge is -2.19. The fourth-order valence-electron chi connectivity index (χ4n) is 2.53. The molecule has 23 heavy (non-hydrogen) atoms. The molecule has 2 aromatic carbocycles. The van der Waals surface area contributed by atoms with Crippen molar-refractivity contribution < 1.29 is 27.8 Å². The molecule has 0 aliphatic carbocycles. The van der Waals surface area contributed by atoms with Gasteiger partial charge in [-0.1, -0.05) is 0 Å². The average Bonchev–Trinajstić information content (AvgIpc) is 2.99. The van der Waals surface area contributed by atoms with Crippen LogP contribution in [0.4, 0.5) is 8.78 Å². The highest BCUT2D eigenvalue weighted by atomic mass is 19.1. The molecule has 0 amide bonds. The summed E-state index contributed by atoms with van der Waals surface area (Å²) in [5, 5.41) is 0. The van der Waals surface area contributed by atoms with Crippen LogP contribution < -0.4 is 14.2 Å². The molecule has 6 heteroatoms. The van der Waals surface area contributed by atoms with Gasteiger partial charge in [0.15, 0.2) is 17.3 Å². The van der Waals surface area contributed by atoms with Crippen molar-refractivity contribution in [2.24, 2.45) is 0 Å². The van der Waals surface area contributed by atoms with Crippen molar-refractivity contribution in [1.29, 1.82) is 0 Å². The smallest absolute Gasteiger partial charge is 0.231 e. The SMILES string of the molecule is O=C1/C(=C/c2cc(F)ccc2F)COc2cc3c(cc21)OCO3. The minimum absolute atomic E-state index is 0.00106. The number of ether oxygens (including phenoxy) is 3. The van der Waals surface area contributed by atoms with Gasteiger partial charge in [0, 0.05) is 17.2 Å². The fraction of sp³-hybridized carbons (Fsp3) is 0.118. The van der Waals surface area contributed by atoms with Crippen molar-refractivity contribution in [2.75, 3.05) is 13.4 Å². The Hall–Kier alpha value is -2.89. The Bertz CT molecular complexity index is 858. The first-order valence-corrected chi connectivity index (χ1v) is 6.88. The Kier molecular flexibility index (Phi) is 3.04. The number of halogens is 2. The summed E-state index contributed by atoms with van der Waals surface area (Å²) in [4.78, 5) is 12.6. The van der Waals surface area contributed by atoms with Gasteiger partial charge in [-0.2, -0.15) is 0 Å². The minimum atomic E-state index is -0.608. The summed E-state index contributed by atoms with van der Waals surface area (Å²) in [6.45, 7) is 0.0606. The lowest BCUT2D eigenvalue weighted by atomic mass is 9.97. The molecule has 0 fully saturated rings. The summed E-state index contributed by atoms with van der Waals surface area (Å²) in [5.41, 5.74) is 0.547. The summed E-state index contributed by atoms with van der Waals surface area (Å²) in [7, 11) is 0. The quantitative estimate of drug-likeness (QED) is 0.757. The first-order chi connectivity index (χ1) is 11.1. The second-order valence-electron chi connectivity index (χ2n) is 5.15. The lowest BCUT2D eigenvalue weighted by molar-refractivity contribution is 0.100. The van der Waals surface area contributed by atoms with Gasteiger partial charge in [0.2, 0.25) is 6.79 Å². The van der Waals surface area contributed by atoms with Crippen LogP contribution in [0.2, 0.25) is 0 Å². The van der Waals surface area contributed by atoms with E-state index in [-0.39, 0.29) is 30.3 Å². The van der Waals surface area contributed by atoms with Gasteiger partial charge in [-0.15, -0.1) is 0 Å². The van der Waals surface area contributed by atoms with Crippen molar-refractivity contribution in [2.45, 2.75) is 0 Å². The zero-order valence-electron chi connectivity index (χ0n) is 11.8. The third kappa shape index (κ3) is 2.32. The van der Waals surface area contributed by atoms with Crippen LogP contribution in [0, 0.1) is 11.6 Å². The highest BCUT2D eigenvalue weighted by Gasteiger charge is 2.28. The third-order valence-electron chi connectivity index (χ3n) is 3.68. The van der Waals surface area contributed by atoms with E-state index in [1.54, 1.807) is 6.07 Å². The second kappa shape index (κ2) is 5.08. The first-order valence-electron chi connectivity index (χ1n) is 6.88. The van der Waals surface area contributed by atoms with Gasteiger partial charge >= 0.3 is 0 Å². The molecule has 2 aliphatic rings. The number of hydrogen-bond acceptors (Lipinski definition) is 4. The zero-order chi connectivity index (χ0) is 16.0. The molecule has 0 atom stereocenters. The summed E-state index contributed by atoms with van der Waals surface area (Å²) >= 11 is 0. The van der Waals surface area contributed by atoms with E-state index in [2.05, 4.69) is 0 Å². The zero-order valence-corrected chi connectivity index (χ0v) is 11.8. The van der Waals surface area contributed by atoms with E-state index in [9.17, 15) is 13.6 Å². The largest absolute Gasteiger partial charge is 0.488 e. The molecule has 0 saturated carbocycles. The average molecular weight is 316 g/mol. The predicted molar refractivity (Wildman–Crippen MR) is 76.7 cm³/mol. The number of fused-ring (bicyclic) bond motifs is 2. The van der Waals surface area contributed by atoms with Gasteiger partial charge in [-0.25, -0.2) is 8.78 Å². The van der Waals surface area contributed by atoms with Gasteiger partial charge in [-0.3, -0.25) is 4.79 Å². The highest BCUT2D eigenvalue weighted by Crippen LogP contribution is 2.40. The first kappa shape index (κ1) is 13.8. The molecule has 0 aromatic heterocycles. The van der Waals surface area contributed by atoms with Crippen molar-refractivity contribution >= 4 is 11.9 Å². The molecule has 0 unspecified atom stereocenters. The van der Waals surface area contributed by atoms with E-state index in [0.717, 1.165) is 18.2 Å². The Balaban J connectivity index is 1.75.